The van der Waals surface area contributed by atoms with Crippen LogP contribution in [0.15, 0.2) is 24.3 Å². The van der Waals surface area contributed by atoms with Crippen molar-refractivity contribution in [2.45, 2.75) is 77.6 Å². The van der Waals surface area contributed by atoms with Gasteiger partial charge in [-0.1, -0.05) is 57.1 Å². The van der Waals surface area contributed by atoms with E-state index in [0.29, 0.717) is 0 Å². The molecule has 1 aliphatic rings. The van der Waals surface area contributed by atoms with Crippen LogP contribution in [0, 0.1) is 17.8 Å². The van der Waals surface area contributed by atoms with Gasteiger partial charge in [0.05, 0.1) is 0 Å². The first kappa shape index (κ1) is 16.2. The largest absolute Gasteiger partial charge is 0.0979 e. The van der Waals surface area contributed by atoms with Crippen LogP contribution in [0.25, 0.3) is 0 Å². The van der Waals surface area contributed by atoms with E-state index in [0.717, 1.165) is 24.7 Å². The molecular weight excluding hydrogens is 252 g/mol. The Morgan fingerprint density at radius 1 is 0.952 bits per heavy atom. The van der Waals surface area contributed by atoms with Gasteiger partial charge in [0.25, 0.3) is 0 Å². The minimum Gasteiger partial charge on any atom is -0.0979 e. The zero-order valence-corrected chi connectivity index (χ0v) is 13.8. The van der Waals surface area contributed by atoms with E-state index in [4.69, 9.17) is 0 Å². The predicted octanol–water partition coefficient (Wildman–Crippen LogP) is 6.30. The van der Waals surface area contributed by atoms with Crippen molar-refractivity contribution in [3.8, 4) is 11.8 Å². The van der Waals surface area contributed by atoms with E-state index in [1.54, 1.807) is 0 Å². The Bertz CT molecular complexity index is 449. The molecule has 0 spiro atoms. The number of unbranched alkanes of at least 4 members (excludes halogenated alkanes) is 2. The molecule has 2 rings (SSSR count). The van der Waals surface area contributed by atoms with Gasteiger partial charge in [-0.05, 0) is 61.6 Å². The van der Waals surface area contributed by atoms with Crippen LogP contribution in [0.4, 0.5) is 0 Å². The molecule has 0 heterocycles. The van der Waals surface area contributed by atoms with Crippen LogP contribution >= 0.6 is 0 Å². The van der Waals surface area contributed by atoms with Gasteiger partial charge < -0.3 is 0 Å². The van der Waals surface area contributed by atoms with Gasteiger partial charge in [-0.2, -0.15) is 0 Å². The first-order valence-corrected chi connectivity index (χ1v) is 8.92. The van der Waals surface area contributed by atoms with Crippen molar-refractivity contribution in [2.24, 2.45) is 5.92 Å². The number of rotatable bonds is 5. The molecule has 1 aliphatic carbocycles. The average Bonchev–Trinajstić information content (AvgIpc) is 2.54. The summed E-state index contributed by atoms with van der Waals surface area (Å²) in [5.74, 6) is 8.27. The summed E-state index contributed by atoms with van der Waals surface area (Å²) in [6.07, 6.45) is 12.0. The maximum Gasteiger partial charge on any atom is 0.0245 e. The molecule has 0 atom stereocenters. The highest BCUT2D eigenvalue weighted by Crippen LogP contribution is 2.37. The van der Waals surface area contributed by atoms with E-state index < -0.39 is 0 Å². The van der Waals surface area contributed by atoms with Gasteiger partial charge in [0.15, 0.2) is 0 Å². The summed E-state index contributed by atoms with van der Waals surface area (Å²) in [5.41, 5.74) is 2.70. The molecule has 1 aromatic rings. The molecule has 0 saturated heterocycles. The maximum atomic E-state index is 3.26. The third kappa shape index (κ3) is 5.24. The Kier molecular flexibility index (Phi) is 6.87. The Morgan fingerprint density at radius 2 is 1.67 bits per heavy atom. The fourth-order valence-electron chi connectivity index (χ4n) is 3.41. The maximum absolute atomic E-state index is 3.26. The second-order valence-electron chi connectivity index (χ2n) is 6.53. The zero-order valence-electron chi connectivity index (χ0n) is 13.8. The summed E-state index contributed by atoms with van der Waals surface area (Å²) in [7, 11) is 0. The Balaban J connectivity index is 1.85. The van der Waals surface area contributed by atoms with Crippen molar-refractivity contribution < 1.29 is 0 Å². The highest BCUT2D eigenvalue weighted by atomic mass is 14.3. The van der Waals surface area contributed by atoms with Crippen molar-refractivity contribution in [1.82, 2.24) is 0 Å². The molecule has 1 saturated carbocycles. The third-order valence-corrected chi connectivity index (χ3v) is 4.80. The number of hydrogen-bond donors (Lipinski definition) is 0. The summed E-state index contributed by atoms with van der Waals surface area (Å²) >= 11 is 0. The Hall–Kier alpha value is -1.22. The molecule has 21 heavy (non-hydrogen) atoms. The molecule has 0 unspecified atom stereocenters. The van der Waals surface area contributed by atoms with E-state index in [-0.39, 0.29) is 0 Å². The Morgan fingerprint density at radius 3 is 2.29 bits per heavy atom. The molecule has 0 heteroatoms. The minimum absolute atomic E-state index is 0.792. The molecule has 0 aliphatic heterocycles. The first-order valence-electron chi connectivity index (χ1n) is 8.92. The topological polar surface area (TPSA) is 0 Å². The van der Waals surface area contributed by atoms with E-state index in [9.17, 15) is 0 Å². The fourth-order valence-corrected chi connectivity index (χ4v) is 3.41. The lowest BCUT2D eigenvalue weighted by molar-refractivity contribution is 0.304. The standard InChI is InChI=1S/C21H30/c1-3-5-7-9-19-12-16-21(17-13-19)20-14-10-18(11-15-20)8-6-4-2/h12-13,16-18,20H,3-6,8,10-11,14-15H2,1-2H3. The molecule has 1 aromatic carbocycles. The summed E-state index contributed by atoms with van der Waals surface area (Å²) in [6.45, 7) is 4.48. The summed E-state index contributed by atoms with van der Waals surface area (Å²) in [6, 6.07) is 9.04. The monoisotopic (exact) mass is 282 g/mol. The summed E-state index contributed by atoms with van der Waals surface area (Å²) in [4.78, 5) is 0. The van der Waals surface area contributed by atoms with Crippen LogP contribution in [0.3, 0.4) is 0 Å². The van der Waals surface area contributed by atoms with Crippen LogP contribution in [0.5, 0.6) is 0 Å². The number of hydrogen-bond acceptors (Lipinski definition) is 0. The van der Waals surface area contributed by atoms with Gasteiger partial charge in [-0.15, -0.1) is 0 Å². The van der Waals surface area contributed by atoms with Gasteiger partial charge in [0.2, 0.25) is 0 Å². The molecule has 0 N–H and O–H groups in total. The minimum atomic E-state index is 0.792. The average molecular weight is 282 g/mol. The molecule has 114 valence electrons. The van der Waals surface area contributed by atoms with Gasteiger partial charge in [-0.3, -0.25) is 0 Å². The molecule has 0 radical (unpaired) electrons. The van der Waals surface area contributed by atoms with Crippen molar-refractivity contribution in [1.29, 1.82) is 0 Å². The van der Waals surface area contributed by atoms with Gasteiger partial charge in [-0.25, -0.2) is 0 Å². The van der Waals surface area contributed by atoms with E-state index in [1.165, 1.54) is 56.1 Å². The molecule has 0 aromatic heterocycles. The third-order valence-electron chi connectivity index (χ3n) is 4.80. The zero-order chi connectivity index (χ0) is 14.9. The quantitative estimate of drug-likeness (QED) is 0.556. The lowest BCUT2D eigenvalue weighted by Crippen LogP contribution is -2.13. The molecule has 0 amide bonds. The molecule has 0 bridgehead atoms. The highest BCUT2D eigenvalue weighted by molar-refractivity contribution is 5.37. The fraction of sp³-hybridized carbons (Fsp3) is 0.619. The normalized spacial score (nSPS) is 21.6. The van der Waals surface area contributed by atoms with Crippen LogP contribution < -0.4 is 0 Å². The van der Waals surface area contributed by atoms with Gasteiger partial charge >= 0.3 is 0 Å². The highest BCUT2D eigenvalue weighted by Gasteiger charge is 2.21. The van der Waals surface area contributed by atoms with Gasteiger partial charge in [0, 0.05) is 12.0 Å². The molecule has 1 fully saturated rings. The van der Waals surface area contributed by atoms with Crippen molar-refractivity contribution in [2.75, 3.05) is 0 Å². The van der Waals surface area contributed by atoms with Gasteiger partial charge in [0.1, 0.15) is 0 Å². The van der Waals surface area contributed by atoms with E-state index >= 15 is 0 Å². The number of benzene rings is 1. The smallest absolute Gasteiger partial charge is 0.0245 e. The summed E-state index contributed by atoms with van der Waals surface area (Å²) < 4.78 is 0. The van der Waals surface area contributed by atoms with E-state index in [2.05, 4.69) is 50.0 Å². The summed E-state index contributed by atoms with van der Waals surface area (Å²) in [5, 5.41) is 0. The van der Waals surface area contributed by atoms with Crippen LogP contribution in [-0.2, 0) is 0 Å². The lowest BCUT2D eigenvalue weighted by Gasteiger charge is -2.28. The SMILES string of the molecule is CCCC#Cc1ccc(C2CCC(CCCC)CC2)cc1. The second kappa shape index (κ2) is 8.93. The van der Waals surface area contributed by atoms with E-state index in [1.807, 2.05) is 0 Å². The predicted molar refractivity (Wildman–Crippen MR) is 92.5 cm³/mol. The van der Waals surface area contributed by atoms with Crippen molar-refractivity contribution in [3.63, 3.8) is 0 Å². The van der Waals surface area contributed by atoms with Crippen molar-refractivity contribution in [3.05, 3.63) is 35.4 Å². The van der Waals surface area contributed by atoms with Crippen LogP contribution in [0.2, 0.25) is 0 Å². The second-order valence-corrected chi connectivity index (χ2v) is 6.53. The molecular formula is C21H30. The molecule has 0 nitrogen and oxygen atoms in total. The first-order chi connectivity index (χ1) is 10.3. The van der Waals surface area contributed by atoms with Crippen LogP contribution in [-0.4, -0.2) is 0 Å². The van der Waals surface area contributed by atoms with Crippen LogP contribution in [0.1, 0.15) is 88.7 Å². The Labute approximate surface area is 131 Å². The van der Waals surface area contributed by atoms with Crippen molar-refractivity contribution >= 4 is 0 Å². The lowest BCUT2D eigenvalue weighted by atomic mass is 9.77.